The van der Waals surface area contributed by atoms with E-state index in [1.807, 2.05) is 0 Å². The molecule has 0 aromatic heterocycles. The van der Waals surface area contributed by atoms with Crippen molar-refractivity contribution >= 4 is 23.9 Å². The van der Waals surface area contributed by atoms with Gasteiger partial charge in [0.25, 0.3) is 0 Å². The fraction of sp³-hybridized carbons (Fsp3) is 0.500. The van der Waals surface area contributed by atoms with Crippen LogP contribution in [0.3, 0.4) is 0 Å². The van der Waals surface area contributed by atoms with Crippen LogP contribution in [0.1, 0.15) is 19.8 Å². The Balaban J connectivity index is 0. The van der Waals surface area contributed by atoms with E-state index in [0.29, 0.717) is 0 Å². The van der Waals surface area contributed by atoms with E-state index >= 15 is 0 Å². The minimum absolute atomic E-state index is 0. The molecule has 0 rings (SSSR count). The van der Waals surface area contributed by atoms with E-state index < -0.39 is 42.3 Å². The SMILES string of the molecule is CC(=O)OC(=O)CC(O)(CC(=O)O)C(=O)O.[Yb]. The second-order valence-electron chi connectivity index (χ2n) is 3.05. The fourth-order valence-electron chi connectivity index (χ4n) is 0.899. The first-order chi connectivity index (χ1) is 7.17. The van der Waals surface area contributed by atoms with Crippen LogP contribution in [-0.2, 0) is 23.9 Å². The Kier molecular flexibility index (Phi) is 8.68. The fourth-order valence-corrected chi connectivity index (χ4v) is 0.899. The Bertz CT molecular complexity index is 338. The van der Waals surface area contributed by atoms with Crippen LogP contribution in [-0.4, -0.2) is 44.8 Å². The predicted molar refractivity (Wildman–Crippen MR) is 46.2 cm³/mol. The van der Waals surface area contributed by atoms with Crippen LogP contribution < -0.4 is 0 Å². The van der Waals surface area contributed by atoms with Crippen molar-refractivity contribution in [3.8, 4) is 0 Å². The maximum absolute atomic E-state index is 10.9. The zero-order valence-corrected chi connectivity index (χ0v) is 10.3. The van der Waals surface area contributed by atoms with Gasteiger partial charge < -0.3 is 20.1 Å². The third-order valence-corrected chi connectivity index (χ3v) is 1.54. The molecule has 9 heteroatoms. The predicted octanol–water partition coefficient (Wildman–Crippen LogP) is -1.24. The molecule has 0 amide bonds. The van der Waals surface area contributed by atoms with Gasteiger partial charge in [0.05, 0.1) is 12.8 Å². The number of carbonyl (C=O) groups is 4. The number of carboxylic acid groups (broad SMARTS) is 2. The maximum atomic E-state index is 10.9. The molecule has 0 bridgehead atoms. The van der Waals surface area contributed by atoms with Gasteiger partial charge in [0.1, 0.15) is 0 Å². The summed E-state index contributed by atoms with van der Waals surface area (Å²) in [5.74, 6) is -5.76. The molecule has 3 N–H and O–H groups in total. The first-order valence-electron chi connectivity index (χ1n) is 4.06. The molecule has 17 heavy (non-hydrogen) atoms. The number of hydrogen-bond donors (Lipinski definition) is 3. The Morgan fingerprint density at radius 1 is 1.12 bits per heavy atom. The summed E-state index contributed by atoms with van der Waals surface area (Å²) in [6.45, 7) is 0.912. The minimum atomic E-state index is -2.78. The second kappa shape index (κ2) is 7.80. The largest absolute Gasteiger partial charge is 0.481 e. The van der Waals surface area contributed by atoms with Crippen molar-refractivity contribution in [3.63, 3.8) is 0 Å². The van der Waals surface area contributed by atoms with Crippen molar-refractivity contribution < 1.29 is 86.2 Å². The molecule has 0 aliphatic rings. The van der Waals surface area contributed by atoms with Gasteiger partial charge in [0.15, 0.2) is 5.60 Å². The molecule has 0 saturated heterocycles. The van der Waals surface area contributed by atoms with Gasteiger partial charge in [0, 0.05) is 53.8 Å². The summed E-state index contributed by atoms with van der Waals surface area (Å²) in [5.41, 5.74) is -2.78. The van der Waals surface area contributed by atoms with E-state index in [-0.39, 0.29) is 46.9 Å². The molecule has 104 valence electrons. The Labute approximate surface area is 134 Å². The van der Waals surface area contributed by atoms with Crippen LogP contribution in [0, 0.1) is 46.9 Å². The van der Waals surface area contributed by atoms with Crippen LogP contribution in [0.15, 0.2) is 0 Å². The summed E-state index contributed by atoms with van der Waals surface area (Å²) in [5, 5.41) is 26.3. The summed E-state index contributed by atoms with van der Waals surface area (Å²) < 4.78 is 3.98. The zero-order chi connectivity index (χ0) is 12.9. The Morgan fingerprint density at radius 3 is 1.88 bits per heavy atom. The normalized spacial score (nSPS) is 12.8. The second-order valence-corrected chi connectivity index (χ2v) is 3.05. The van der Waals surface area contributed by atoms with Crippen LogP contribution in [0.4, 0.5) is 0 Å². The molecule has 8 nitrogen and oxygen atoms in total. The summed E-state index contributed by atoms with van der Waals surface area (Å²) >= 11 is 0. The molecule has 0 aromatic rings. The number of aliphatic carboxylic acids is 2. The van der Waals surface area contributed by atoms with E-state index in [4.69, 9.17) is 10.2 Å². The minimum Gasteiger partial charge on any atom is -0.481 e. The van der Waals surface area contributed by atoms with E-state index in [1.54, 1.807) is 0 Å². The van der Waals surface area contributed by atoms with E-state index in [9.17, 15) is 24.3 Å². The number of esters is 2. The third-order valence-electron chi connectivity index (χ3n) is 1.54. The molecule has 1 unspecified atom stereocenters. The molecule has 0 saturated carbocycles. The topological polar surface area (TPSA) is 138 Å². The van der Waals surface area contributed by atoms with Crippen molar-refractivity contribution in [1.29, 1.82) is 0 Å². The smallest absolute Gasteiger partial charge is 0.336 e. The van der Waals surface area contributed by atoms with Gasteiger partial charge in [-0.1, -0.05) is 0 Å². The van der Waals surface area contributed by atoms with Gasteiger partial charge in [-0.05, 0) is 0 Å². The summed E-state index contributed by atoms with van der Waals surface area (Å²) in [4.78, 5) is 42.1. The number of carbonyl (C=O) groups excluding carboxylic acids is 2. The van der Waals surface area contributed by atoms with Gasteiger partial charge in [-0.2, -0.15) is 0 Å². The number of rotatable bonds is 5. The van der Waals surface area contributed by atoms with E-state index in [2.05, 4.69) is 4.74 Å². The van der Waals surface area contributed by atoms with E-state index in [1.165, 1.54) is 0 Å². The van der Waals surface area contributed by atoms with Gasteiger partial charge >= 0.3 is 23.9 Å². The quantitative estimate of drug-likeness (QED) is 0.380. The summed E-state index contributed by atoms with van der Waals surface area (Å²) in [6.07, 6.45) is -2.29. The Hall–Kier alpha value is -0.441. The van der Waals surface area contributed by atoms with Gasteiger partial charge in [-0.25, -0.2) is 4.79 Å². The monoisotopic (exact) mass is 408 g/mol. The summed E-state index contributed by atoms with van der Waals surface area (Å²) in [6, 6.07) is 0. The van der Waals surface area contributed by atoms with Gasteiger partial charge in [0.2, 0.25) is 0 Å². The van der Waals surface area contributed by atoms with Gasteiger partial charge in [-0.3, -0.25) is 14.4 Å². The van der Waals surface area contributed by atoms with E-state index in [0.717, 1.165) is 6.92 Å². The average Bonchev–Trinajstić information content (AvgIpc) is 1.98. The molecular weight excluding hydrogens is 397 g/mol. The Morgan fingerprint density at radius 2 is 1.59 bits per heavy atom. The van der Waals surface area contributed by atoms with Crippen molar-refractivity contribution in [2.24, 2.45) is 0 Å². The molecule has 0 heterocycles. The number of hydrogen-bond acceptors (Lipinski definition) is 6. The molecule has 1 atom stereocenters. The van der Waals surface area contributed by atoms with Crippen LogP contribution in [0.25, 0.3) is 0 Å². The molecule has 0 fully saturated rings. The number of carboxylic acids is 2. The van der Waals surface area contributed by atoms with Crippen molar-refractivity contribution in [3.05, 3.63) is 0 Å². The molecular formula is C8H10O8Yb. The average molecular weight is 407 g/mol. The summed E-state index contributed by atoms with van der Waals surface area (Å²) in [7, 11) is 0. The van der Waals surface area contributed by atoms with Gasteiger partial charge in [-0.15, -0.1) is 0 Å². The van der Waals surface area contributed by atoms with Crippen molar-refractivity contribution in [1.82, 2.24) is 0 Å². The number of ether oxygens (including phenoxy) is 1. The van der Waals surface area contributed by atoms with Crippen molar-refractivity contribution in [2.45, 2.75) is 25.4 Å². The zero-order valence-electron chi connectivity index (χ0n) is 8.56. The van der Waals surface area contributed by atoms with Crippen molar-refractivity contribution in [2.75, 3.05) is 0 Å². The third kappa shape index (κ3) is 7.48. The van der Waals surface area contributed by atoms with Crippen LogP contribution in [0.5, 0.6) is 0 Å². The molecule has 0 aliphatic heterocycles. The first-order valence-corrected chi connectivity index (χ1v) is 4.06. The molecule has 0 spiro atoms. The standard InChI is InChI=1S/C8H10O8.Yb/c1-4(9)16-6(12)3-8(15,7(13)14)2-5(10)11;/h15H,2-3H2,1H3,(H,10,11)(H,13,14);. The van der Waals surface area contributed by atoms with Crippen LogP contribution >= 0.6 is 0 Å². The molecule has 0 aromatic carbocycles. The van der Waals surface area contributed by atoms with Crippen LogP contribution in [0.2, 0.25) is 0 Å². The number of aliphatic hydroxyl groups is 1. The maximum Gasteiger partial charge on any atom is 0.336 e. The molecule has 0 radical (unpaired) electrons. The first kappa shape index (κ1) is 18.9. The molecule has 0 aliphatic carbocycles.